The Balaban J connectivity index is 1.99. The Hall–Kier alpha value is -0.130. The highest BCUT2D eigenvalue weighted by atomic mass is 127. The van der Waals surface area contributed by atoms with Crippen molar-refractivity contribution in [1.29, 1.82) is 0 Å². The number of rotatable bonds is 2. The fourth-order valence-electron chi connectivity index (χ4n) is 2.02. The van der Waals surface area contributed by atoms with Crippen molar-refractivity contribution in [3.8, 4) is 0 Å². The molecule has 0 radical (unpaired) electrons. The zero-order valence-corrected chi connectivity index (χ0v) is 11.2. The van der Waals surface area contributed by atoms with Gasteiger partial charge in [-0.25, -0.2) is 0 Å². The summed E-state index contributed by atoms with van der Waals surface area (Å²) in [6.07, 6.45) is 0. The molecule has 2 rings (SSSR count). The van der Waals surface area contributed by atoms with E-state index >= 15 is 0 Å². The van der Waals surface area contributed by atoms with E-state index in [2.05, 4.69) is 64.0 Å². The van der Waals surface area contributed by atoms with Gasteiger partial charge in [0.15, 0.2) is 0 Å². The van der Waals surface area contributed by atoms with E-state index in [1.54, 1.807) is 0 Å². The highest BCUT2D eigenvalue weighted by molar-refractivity contribution is 14.1. The molecule has 2 nitrogen and oxygen atoms in total. The molecule has 0 spiro atoms. The van der Waals surface area contributed by atoms with Crippen molar-refractivity contribution in [3.63, 3.8) is 0 Å². The minimum absolute atomic E-state index is 0.625. The Bertz CT molecular complexity index is 327. The van der Waals surface area contributed by atoms with Crippen LogP contribution in [0.5, 0.6) is 0 Å². The van der Waals surface area contributed by atoms with Crippen LogP contribution in [-0.2, 0) is 6.54 Å². The molecule has 15 heavy (non-hydrogen) atoms. The second-order valence-electron chi connectivity index (χ2n) is 4.18. The minimum atomic E-state index is 0.625. The summed E-state index contributed by atoms with van der Waals surface area (Å²) in [7, 11) is 0. The van der Waals surface area contributed by atoms with Crippen molar-refractivity contribution in [3.05, 3.63) is 33.4 Å². The number of benzene rings is 1. The fraction of sp³-hybridized carbons (Fsp3) is 0.500. The maximum absolute atomic E-state index is 3.47. The Kier molecular flexibility index (Phi) is 3.99. The van der Waals surface area contributed by atoms with Crippen LogP contribution in [0.25, 0.3) is 0 Å². The highest BCUT2D eigenvalue weighted by Gasteiger charge is 2.15. The van der Waals surface area contributed by atoms with E-state index in [0.29, 0.717) is 6.04 Å². The molecule has 1 unspecified atom stereocenters. The van der Waals surface area contributed by atoms with Crippen LogP contribution in [0.4, 0.5) is 0 Å². The van der Waals surface area contributed by atoms with Crippen LogP contribution in [0.1, 0.15) is 12.5 Å². The van der Waals surface area contributed by atoms with Gasteiger partial charge in [-0.2, -0.15) is 0 Å². The van der Waals surface area contributed by atoms with Crippen LogP contribution in [0.3, 0.4) is 0 Å². The van der Waals surface area contributed by atoms with Gasteiger partial charge in [0.25, 0.3) is 0 Å². The van der Waals surface area contributed by atoms with Crippen molar-refractivity contribution in [2.24, 2.45) is 0 Å². The minimum Gasteiger partial charge on any atom is -0.312 e. The summed E-state index contributed by atoms with van der Waals surface area (Å²) in [5.74, 6) is 0. The Morgan fingerprint density at radius 2 is 2.27 bits per heavy atom. The first-order valence-corrected chi connectivity index (χ1v) is 6.53. The van der Waals surface area contributed by atoms with Gasteiger partial charge >= 0.3 is 0 Å². The Labute approximate surface area is 105 Å². The van der Waals surface area contributed by atoms with E-state index in [-0.39, 0.29) is 0 Å². The first kappa shape index (κ1) is 11.4. The predicted molar refractivity (Wildman–Crippen MR) is 71.9 cm³/mol. The van der Waals surface area contributed by atoms with Crippen molar-refractivity contribution in [2.45, 2.75) is 19.5 Å². The van der Waals surface area contributed by atoms with Gasteiger partial charge in [0.05, 0.1) is 0 Å². The Morgan fingerprint density at radius 3 is 3.00 bits per heavy atom. The summed E-state index contributed by atoms with van der Waals surface area (Å²) in [4.78, 5) is 2.53. The molecule has 1 aromatic rings. The zero-order valence-electron chi connectivity index (χ0n) is 9.04. The quantitative estimate of drug-likeness (QED) is 0.841. The summed E-state index contributed by atoms with van der Waals surface area (Å²) in [6, 6.07) is 9.27. The molecule has 0 aromatic heterocycles. The lowest BCUT2D eigenvalue weighted by molar-refractivity contribution is 0.199. The molecule has 1 saturated heterocycles. The molecule has 0 saturated carbocycles. The predicted octanol–water partition coefficient (Wildman–Crippen LogP) is 2.08. The molecule has 1 aromatic carbocycles. The van der Waals surface area contributed by atoms with Gasteiger partial charge in [-0.3, -0.25) is 4.90 Å². The number of hydrogen-bond acceptors (Lipinski definition) is 2. The standard InChI is InChI=1S/C12H17IN2/c1-10-8-15(7-6-14-10)9-11-4-2-3-5-12(11)13/h2-5,10,14H,6-9H2,1H3. The third-order valence-corrected chi connectivity index (χ3v) is 3.86. The van der Waals surface area contributed by atoms with Gasteiger partial charge in [0.2, 0.25) is 0 Å². The lowest BCUT2D eigenvalue weighted by Gasteiger charge is -2.32. The van der Waals surface area contributed by atoms with Crippen molar-refractivity contribution in [1.82, 2.24) is 10.2 Å². The summed E-state index contributed by atoms with van der Waals surface area (Å²) in [6.45, 7) is 6.78. The number of hydrogen-bond donors (Lipinski definition) is 1. The van der Waals surface area contributed by atoms with Crippen molar-refractivity contribution in [2.75, 3.05) is 19.6 Å². The van der Waals surface area contributed by atoms with Crippen molar-refractivity contribution >= 4 is 22.6 Å². The first-order chi connectivity index (χ1) is 7.25. The first-order valence-electron chi connectivity index (χ1n) is 5.45. The Morgan fingerprint density at radius 1 is 1.47 bits per heavy atom. The van der Waals surface area contributed by atoms with Crippen molar-refractivity contribution < 1.29 is 0 Å². The topological polar surface area (TPSA) is 15.3 Å². The number of halogens is 1. The molecular formula is C12H17IN2. The second kappa shape index (κ2) is 5.27. The van der Waals surface area contributed by atoms with Gasteiger partial charge in [0.1, 0.15) is 0 Å². The molecule has 3 heteroatoms. The molecule has 1 fully saturated rings. The van der Waals surface area contributed by atoms with E-state index in [1.807, 2.05) is 0 Å². The van der Waals surface area contributed by atoms with E-state index in [0.717, 1.165) is 26.2 Å². The average Bonchev–Trinajstić information content (AvgIpc) is 2.22. The summed E-state index contributed by atoms with van der Waals surface area (Å²) >= 11 is 2.42. The lowest BCUT2D eigenvalue weighted by Crippen LogP contribution is -2.48. The third-order valence-electron chi connectivity index (χ3n) is 2.80. The number of nitrogens with one attached hydrogen (secondary N) is 1. The van der Waals surface area contributed by atoms with Crippen LogP contribution < -0.4 is 5.32 Å². The third kappa shape index (κ3) is 3.16. The molecule has 1 atom stereocenters. The monoisotopic (exact) mass is 316 g/mol. The molecule has 1 aliphatic heterocycles. The maximum atomic E-state index is 3.47. The van der Waals surface area contributed by atoms with E-state index < -0.39 is 0 Å². The van der Waals surface area contributed by atoms with Crippen LogP contribution in [0.15, 0.2) is 24.3 Å². The van der Waals surface area contributed by atoms with Crippen LogP contribution >= 0.6 is 22.6 Å². The zero-order chi connectivity index (χ0) is 10.7. The van der Waals surface area contributed by atoms with Gasteiger partial charge in [-0.15, -0.1) is 0 Å². The molecule has 0 aliphatic carbocycles. The van der Waals surface area contributed by atoms with Gasteiger partial charge in [-0.05, 0) is 41.1 Å². The molecular weight excluding hydrogens is 299 g/mol. The van der Waals surface area contributed by atoms with Gasteiger partial charge in [0, 0.05) is 35.8 Å². The van der Waals surface area contributed by atoms with Gasteiger partial charge in [-0.1, -0.05) is 18.2 Å². The molecule has 1 heterocycles. The molecule has 1 aliphatic rings. The smallest absolute Gasteiger partial charge is 0.0245 e. The van der Waals surface area contributed by atoms with E-state index in [1.165, 1.54) is 9.13 Å². The number of nitrogens with zero attached hydrogens (tertiary/aromatic N) is 1. The molecule has 0 bridgehead atoms. The SMILES string of the molecule is CC1CN(Cc2ccccc2I)CCN1. The molecule has 82 valence electrons. The lowest BCUT2D eigenvalue weighted by atomic mass is 10.1. The second-order valence-corrected chi connectivity index (χ2v) is 5.34. The molecule has 0 amide bonds. The normalized spacial score (nSPS) is 22.9. The maximum Gasteiger partial charge on any atom is 0.0245 e. The largest absolute Gasteiger partial charge is 0.312 e. The van der Waals surface area contributed by atoms with Gasteiger partial charge < -0.3 is 5.32 Å². The average molecular weight is 316 g/mol. The van der Waals surface area contributed by atoms with E-state index in [4.69, 9.17) is 0 Å². The highest BCUT2D eigenvalue weighted by Crippen LogP contribution is 2.14. The van der Waals surface area contributed by atoms with Crippen LogP contribution in [0, 0.1) is 3.57 Å². The summed E-state index contributed by atoms with van der Waals surface area (Å²) in [5, 5.41) is 3.47. The summed E-state index contributed by atoms with van der Waals surface area (Å²) < 4.78 is 1.38. The number of piperazine rings is 1. The van der Waals surface area contributed by atoms with E-state index in [9.17, 15) is 0 Å². The fourth-order valence-corrected chi connectivity index (χ4v) is 2.58. The van der Waals surface area contributed by atoms with Crippen LogP contribution in [0.2, 0.25) is 0 Å². The summed E-state index contributed by atoms with van der Waals surface area (Å²) in [5.41, 5.74) is 1.45. The molecule has 1 N–H and O–H groups in total. The van der Waals surface area contributed by atoms with Crippen LogP contribution in [-0.4, -0.2) is 30.6 Å².